The van der Waals surface area contributed by atoms with E-state index in [1.165, 1.54) is 23.6 Å². The molecule has 5 N–H and O–H groups in total. The van der Waals surface area contributed by atoms with Gasteiger partial charge >= 0.3 is 5.97 Å². The van der Waals surface area contributed by atoms with Crippen molar-refractivity contribution in [2.45, 2.75) is 51.3 Å². The number of aromatic hydroxyl groups is 1. The van der Waals surface area contributed by atoms with Crippen LogP contribution in [-0.4, -0.2) is 30.8 Å². The van der Waals surface area contributed by atoms with E-state index in [0.29, 0.717) is 35.2 Å². The van der Waals surface area contributed by atoms with Gasteiger partial charge in [-0.3, -0.25) is 9.36 Å². The summed E-state index contributed by atoms with van der Waals surface area (Å²) in [7, 11) is 0. The highest BCUT2D eigenvalue weighted by atomic mass is 19.1. The largest absolute Gasteiger partial charge is 0.503 e. The van der Waals surface area contributed by atoms with Gasteiger partial charge in [-0.1, -0.05) is 6.92 Å². The molecule has 0 amide bonds. The minimum absolute atomic E-state index is 0.0940. The highest BCUT2D eigenvalue weighted by molar-refractivity contribution is 5.93. The second-order valence-electron chi connectivity index (χ2n) is 8.56. The number of carboxylic acids is 1. The Morgan fingerprint density at radius 1 is 1.38 bits per heavy atom. The van der Waals surface area contributed by atoms with Crippen LogP contribution in [0.1, 0.15) is 53.6 Å². The lowest BCUT2D eigenvalue weighted by molar-refractivity contribution is -0.160. The maximum absolute atomic E-state index is 14.6. The van der Waals surface area contributed by atoms with Crippen molar-refractivity contribution in [1.29, 1.82) is 0 Å². The summed E-state index contributed by atoms with van der Waals surface area (Å²) < 4.78 is 15.9. The summed E-state index contributed by atoms with van der Waals surface area (Å²) in [5, 5.41) is 31.5. The molecule has 32 heavy (non-hydrogen) atoms. The van der Waals surface area contributed by atoms with Crippen LogP contribution in [0.3, 0.4) is 0 Å². The van der Waals surface area contributed by atoms with Crippen LogP contribution >= 0.6 is 0 Å². The van der Waals surface area contributed by atoms with Crippen LogP contribution in [0.4, 0.5) is 4.39 Å². The first-order valence-corrected chi connectivity index (χ1v) is 10.4. The number of halogens is 1. The van der Waals surface area contributed by atoms with Crippen LogP contribution in [0.2, 0.25) is 0 Å². The number of fused-ring (bicyclic) bond motifs is 4. The normalized spacial score (nSPS) is 18.3. The third-order valence-corrected chi connectivity index (χ3v) is 6.97. The molecule has 3 aromatic rings. The van der Waals surface area contributed by atoms with Crippen LogP contribution in [0.5, 0.6) is 5.75 Å². The highest BCUT2D eigenvalue weighted by Gasteiger charge is 2.42. The van der Waals surface area contributed by atoms with E-state index >= 15 is 0 Å². The average molecular weight is 439 g/mol. The monoisotopic (exact) mass is 439 g/mol. The number of carboxylic acid groups (broad SMARTS) is 1. The van der Waals surface area contributed by atoms with Crippen molar-refractivity contribution >= 4 is 16.9 Å². The van der Waals surface area contributed by atoms with E-state index in [0.717, 1.165) is 16.5 Å². The van der Waals surface area contributed by atoms with E-state index < -0.39 is 28.4 Å². The molecule has 1 aromatic carbocycles. The number of hydrogen-bond donors (Lipinski definition) is 4. The molecule has 0 saturated carbocycles. The number of hydrogen-bond acceptors (Lipinski definition) is 6. The van der Waals surface area contributed by atoms with Crippen LogP contribution in [-0.2, 0) is 23.4 Å². The first-order chi connectivity index (χ1) is 15.1. The first-order valence-electron chi connectivity index (χ1n) is 10.4. The second-order valence-corrected chi connectivity index (χ2v) is 8.56. The van der Waals surface area contributed by atoms with Crippen LogP contribution < -0.4 is 11.3 Å². The van der Waals surface area contributed by atoms with Gasteiger partial charge in [0.1, 0.15) is 5.82 Å². The third-order valence-electron chi connectivity index (χ3n) is 6.97. The molecule has 5 rings (SSSR count). The summed E-state index contributed by atoms with van der Waals surface area (Å²) in [4.78, 5) is 29.4. The van der Waals surface area contributed by atoms with Crippen LogP contribution in [0, 0.1) is 12.7 Å². The standard InChI is InChI=1S/C23H22FN3O5/c1-3-23(32,22(30)31)12-6-16-19-11(8-27(16)21(29)20(12)28)17-14(25)5-4-10-9(2)13(24)7-15(26-19)18(10)17/h6-7,14,28,32H,3-5,8,25H2,1-2H3,(H,30,31)/t14-,23-/m0/s1. The fourth-order valence-corrected chi connectivity index (χ4v) is 5.10. The number of aliphatic carboxylic acids is 1. The molecule has 0 spiro atoms. The predicted molar refractivity (Wildman–Crippen MR) is 114 cm³/mol. The molecule has 2 aliphatic rings. The van der Waals surface area contributed by atoms with Crippen molar-refractivity contribution < 1.29 is 24.5 Å². The Bertz CT molecular complexity index is 1410. The molecule has 0 radical (unpaired) electrons. The predicted octanol–water partition coefficient (Wildman–Crippen LogP) is 2.21. The molecular weight excluding hydrogens is 417 g/mol. The lowest BCUT2D eigenvalue weighted by atomic mass is 9.82. The summed E-state index contributed by atoms with van der Waals surface area (Å²) in [6.07, 6.45) is 0.967. The van der Waals surface area contributed by atoms with Gasteiger partial charge in [0.25, 0.3) is 5.56 Å². The smallest absolute Gasteiger partial charge is 0.340 e. The SMILES string of the molecule is CC[C@@](O)(C(=O)O)c1cc2n(c(=O)c1O)Cc1c-2nc2cc(F)c(C)c3c2c1[C@@H](N)CC3. The molecule has 2 atom stereocenters. The molecular formula is C23H22FN3O5. The molecule has 1 aliphatic heterocycles. The van der Waals surface area contributed by atoms with Crippen molar-refractivity contribution in [1.82, 2.24) is 9.55 Å². The Kier molecular flexibility index (Phi) is 4.25. The molecule has 166 valence electrons. The Morgan fingerprint density at radius 3 is 2.75 bits per heavy atom. The number of carbonyl (C=O) groups is 1. The molecule has 0 unspecified atom stereocenters. The number of pyridine rings is 2. The minimum atomic E-state index is -2.44. The quantitative estimate of drug-likeness (QED) is 0.384. The maximum atomic E-state index is 14.6. The summed E-state index contributed by atoms with van der Waals surface area (Å²) >= 11 is 0. The first kappa shape index (κ1) is 20.6. The zero-order chi connectivity index (χ0) is 23.1. The zero-order valence-corrected chi connectivity index (χ0v) is 17.6. The molecule has 3 heterocycles. The number of benzene rings is 1. The van der Waals surface area contributed by atoms with Gasteiger partial charge in [-0.25, -0.2) is 14.2 Å². The molecule has 0 fully saturated rings. The van der Waals surface area contributed by atoms with Crippen molar-refractivity contribution in [2.75, 3.05) is 0 Å². The number of rotatable bonds is 3. The Balaban J connectivity index is 1.87. The fraction of sp³-hybridized carbons (Fsp3) is 0.348. The molecule has 0 bridgehead atoms. The molecule has 0 saturated heterocycles. The van der Waals surface area contributed by atoms with Crippen LogP contribution in [0.25, 0.3) is 22.3 Å². The van der Waals surface area contributed by atoms with Gasteiger partial charge in [0, 0.05) is 28.6 Å². The summed E-state index contributed by atoms with van der Waals surface area (Å²) in [5.74, 6) is -2.78. The summed E-state index contributed by atoms with van der Waals surface area (Å²) in [6.45, 7) is 3.25. The number of nitrogens with zero attached hydrogens (tertiary/aromatic N) is 2. The second kappa shape index (κ2) is 6.60. The van der Waals surface area contributed by atoms with Gasteiger partial charge in [-0.2, -0.15) is 0 Å². The zero-order valence-electron chi connectivity index (χ0n) is 17.6. The van der Waals surface area contributed by atoms with E-state index in [-0.39, 0.29) is 30.5 Å². The number of aromatic nitrogens is 2. The fourth-order valence-electron chi connectivity index (χ4n) is 5.10. The van der Waals surface area contributed by atoms with Crippen molar-refractivity contribution in [2.24, 2.45) is 5.73 Å². The average Bonchev–Trinajstić information content (AvgIpc) is 3.12. The van der Waals surface area contributed by atoms with Crippen molar-refractivity contribution in [3.05, 3.63) is 56.1 Å². The van der Waals surface area contributed by atoms with E-state index in [1.54, 1.807) is 6.92 Å². The van der Waals surface area contributed by atoms with E-state index in [4.69, 9.17) is 5.73 Å². The number of aliphatic hydroxyl groups is 1. The molecule has 8 nitrogen and oxygen atoms in total. The van der Waals surface area contributed by atoms with Crippen LogP contribution in [0.15, 0.2) is 16.9 Å². The molecule has 9 heteroatoms. The number of nitrogens with two attached hydrogens (primary N) is 1. The maximum Gasteiger partial charge on any atom is 0.340 e. The van der Waals surface area contributed by atoms with Crippen molar-refractivity contribution in [3.63, 3.8) is 0 Å². The summed E-state index contributed by atoms with van der Waals surface area (Å²) in [6, 6.07) is 2.29. The van der Waals surface area contributed by atoms with E-state index in [9.17, 15) is 29.3 Å². The van der Waals surface area contributed by atoms with Gasteiger partial charge in [0.15, 0.2) is 11.4 Å². The minimum Gasteiger partial charge on any atom is -0.503 e. The van der Waals surface area contributed by atoms with Crippen molar-refractivity contribution in [3.8, 4) is 17.1 Å². The Labute approximate surface area is 181 Å². The summed E-state index contributed by atoms with van der Waals surface area (Å²) in [5.41, 5.74) is 6.72. The molecule has 1 aliphatic carbocycles. The van der Waals surface area contributed by atoms with Gasteiger partial charge in [-0.05, 0) is 48.9 Å². The lowest BCUT2D eigenvalue weighted by Gasteiger charge is -2.26. The van der Waals surface area contributed by atoms with Gasteiger partial charge in [0.05, 0.1) is 23.4 Å². The van der Waals surface area contributed by atoms with Gasteiger partial charge in [-0.15, -0.1) is 0 Å². The number of aryl methyl sites for hydroxylation is 1. The topological polar surface area (TPSA) is 139 Å². The Hall–Kier alpha value is -3.30. The highest BCUT2D eigenvalue weighted by Crippen LogP contribution is 2.45. The lowest BCUT2D eigenvalue weighted by Crippen LogP contribution is -2.37. The van der Waals surface area contributed by atoms with E-state index in [1.807, 2.05) is 0 Å². The third kappa shape index (κ3) is 2.46. The Morgan fingerprint density at radius 2 is 2.09 bits per heavy atom. The molecule has 2 aromatic heterocycles. The van der Waals surface area contributed by atoms with Gasteiger partial charge in [0.2, 0.25) is 0 Å². The van der Waals surface area contributed by atoms with Gasteiger partial charge < -0.3 is 21.1 Å². The van der Waals surface area contributed by atoms with E-state index in [2.05, 4.69) is 4.98 Å².